The van der Waals surface area contributed by atoms with Gasteiger partial charge in [0, 0.05) is 13.6 Å². The number of aromatic nitrogens is 1. The molecule has 44 heavy (non-hydrogen) atoms. The Morgan fingerprint density at radius 3 is 2.30 bits per heavy atom. The maximum atomic E-state index is 13.8. The maximum Gasteiger partial charge on any atom is 0.420 e. The highest BCUT2D eigenvalue weighted by molar-refractivity contribution is 7.59. The van der Waals surface area contributed by atoms with Gasteiger partial charge in [-0.2, -0.15) is 13.5 Å². The molecule has 5 aromatic rings. The fourth-order valence-corrected chi connectivity index (χ4v) is 5.82. The van der Waals surface area contributed by atoms with E-state index in [4.69, 9.17) is 9.15 Å². The van der Waals surface area contributed by atoms with Gasteiger partial charge in [-0.05, 0) is 72.5 Å². The summed E-state index contributed by atoms with van der Waals surface area (Å²) in [6, 6.07) is 33.5. The number of carbonyl (C=O) groups is 1. The van der Waals surface area contributed by atoms with Crippen LogP contribution in [-0.4, -0.2) is 47.0 Å². The van der Waals surface area contributed by atoms with E-state index in [1.54, 1.807) is 10.6 Å². The summed E-state index contributed by atoms with van der Waals surface area (Å²) in [5, 5.41) is 0. The molecular weight excluding hydrogens is 570 g/mol. The molecule has 0 aliphatic carbocycles. The molecule has 1 fully saturated rings. The van der Waals surface area contributed by atoms with E-state index in [-0.39, 0.29) is 31.9 Å². The number of likely N-dealkylation sites (N-methyl/N-ethyl adjacent to an activating group) is 1. The van der Waals surface area contributed by atoms with Crippen LogP contribution in [0.5, 0.6) is 5.75 Å². The molecule has 228 valence electrons. The van der Waals surface area contributed by atoms with Crippen LogP contribution in [0.2, 0.25) is 0 Å². The zero-order valence-electron chi connectivity index (χ0n) is 25.0. The molecule has 1 amide bonds. The van der Waals surface area contributed by atoms with Crippen LogP contribution < -0.4 is 10.5 Å². The van der Waals surface area contributed by atoms with Gasteiger partial charge in [-0.3, -0.25) is 9.36 Å². The predicted octanol–water partition coefficient (Wildman–Crippen LogP) is 6.17. The summed E-state index contributed by atoms with van der Waals surface area (Å²) < 4.78 is 13.3. The van der Waals surface area contributed by atoms with E-state index < -0.39 is 5.76 Å². The van der Waals surface area contributed by atoms with E-state index in [1.807, 2.05) is 96.9 Å². The number of hydrogen-bond acceptors (Lipinski definition) is 5. The average Bonchev–Trinajstić information content (AvgIpc) is 3.67. The normalized spacial score (nSPS) is 13.8. The van der Waals surface area contributed by atoms with Gasteiger partial charge in [0.2, 0.25) is 5.91 Å². The molecular formula is C36H39N3O4S. The SMILES string of the molecule is CN(C(=O)Cc1ccc2oc(=O)n(Cc3ccccc3)c2c1)[C@H](CN1CCCC1)c1cccc(OCc2ccccc2)c1.S. The highest BCUT2D eigenvalue weighted by Crippen LogP contribution is 2.28. The minimum absolute atomic E-state index is 0. The van der Waals surface area contributed by atoms with Gasteiger partial charge in [0.05, 0.1) is 24.5 Å². The van der Waals surface area contributed by atoms with Crippen molar-refractivity contribution in [3.63, 3.8) is 0 Å². The molecule has 1 aliphatic heterocycles. The summed E-state index contributed by atoms with van der Waals surface area (Å²) >= 11 is 0. The first kappa shape index (κ1) is 31.2. The molecule has 1 aromatic heterocycles. The van der Waals surface area contributed by atoms with E-state index in [0.717, 1.165) is 47.6 Å². The Balaban J connectivity index is 0.00000384. The number of benzene rings is 4. The van der Waals surface area contributed by atoms with Crippen molar-refractivity contribution in [1.29, 1.82) is 0 Å². The smallest absolute Gasteiger partial charge is 0.420 e. The van der Waals surface area contributed by atoms with Crippen LogP contribution in [0.3, 0.4) is 0 Å². The van der Waals surface area contributed by atoms with Crippen molar-refractivity contribution >= 4 is 30.5 Å². The van der Waals surface area contributed by atoms with Gasteiger partial charge in [-0.1, -0.05) is 78.9 Å². The molecule has 6 rings (SSSR count). The van der Waals surface area contributed by atoms with E-state index >= 15 is 0 Å². The lowest BCUT2D eigenvalue weighted by atomic mass is 10.0. The van der Waals surface area contributed by atoms with Crippen molar-refractivity contribution in [2.75, 3.05) is 26.7 Å². The van der Waals surface area contributed by atoms with Crippen molar-refractivity contribution in [3.05, 3.63) is 136 Å². The Bertz CT molecular complexity index is 1730. The lowest BCUT2D eigenvalue weighted by molar-refractivity contribution is -0.131. The van der Waals surface area contributed by atoms with Crippen LogP contribution in [0.15, 0.2) is 112 Å². The Kier molecular flexibility index (Phi) is 10.2. The van der Waals surface area contributed by atoms with Crippen LogP contribution in [-0.2, 0) is 24.4 Å². The Labute approximate surface area is 265 Å². The number of carbonyl (C=O) groups excluding carboxylic acids is 1. The van der Waals surface area contributed by atoms with Crippen molar-refractivity contribution in [2.45, 2.75) is 38.5 Å². The predicted molar refractivity (Wildman–Crippen MR) is 179 cm³/mol. The first-order valence-corrected chi connectivity index (χ1v) is 14.9. The van der Waals surface area contributed by atoms with E-state index in [9.17, 15) is 9.59 Å². The van der Waals surface area contributed by atoms with Crippen LogP contribution in [0.1, 0.15) is 41.1 Å². The molecule has 0 N–H and O–H groups in total. The third-order valence-corrected chi connectivity index (χ3v) is 8.25. The lowest BCUT2D eigenvalue weighted by Crippen LogP contribution is -2.39. The number of hydrogen-bond donors (Lipinski definition) is 0. The molecule has 1 aliphatic rings. The number of amides is 1. The summed E-state index contributed by atoms with van der Waals surface area (Å²) in [5.74, 6) is 0.398. The number of fused-ring (bicyclic) bond motifs is 1. The molecule has 0 saturated carbocycles. The second-order valence-electron chi connectivity index (χ2n) is 11.3. The fourth-order valence-electron chi connectivity index (χ4n) is 5.82. The standard InChI is InChI=1S/C36H37N3O4.H2S/c1-37(35(40)22-29-17-18-34-32(21-29)39(36(41)43-34)24-27-11-4-2-5-12-27)33(25-38-19-8-9-20-38)30-15-10-16-31(23-30)42-26-28-13-6-3-7-14-28;/h2-7,10-18,21,23,33H,8-9,19-20,22,24-26H2,1H3;1H2/t33-;/m1./s1. The number of rotatable bonds is 11. The summed E-state index contributed by atoms with van der Waals surface area (Å²) in [6.07, 6.45) is 2.58. The van der Waals surface area contributed by atoms with E-state index in [0.29, 0.717) is 24.3 Å². The highest BCUT2D eigenvalue weighted by atomic mass is 32.1. The Hall–Kier alpha value is -4.27. The van der Waals surface area contributed by atoms with Crippen molar-refractivity contribution < 1.29 is 13.9 Å². The monoisotopic (exact) mass is 609 g/mol. The van der Waals surface area contributed by atoms with E-state index in [1.165, 1.54) is 12.8 Å². The Morgan fingerprint density at radius 1 is 0.864 bits per heavy atom. The molecule has 4 aromatic carbocycles. The zero-order valence-corrected chi connectivity index (χ0v) is 26.0. The third kappa shape index (κ3) is 7.44. The van der Waals surface area contributed by atoms with Gasteiger partial charge in [0.15, 0.2) is 5.58 Å². The third-order valence-electron chi connectivity index (χ3n) is 8.25. The molecule has 8 heteroatoms. The largest absolute Gasteiger partial charge is 0.489 e. The van der Waals surface area contributed by atoms with E-state index in [2.05, 4.69) is 17.0 Å². The van der Waals surface area contributed by atoms with Gasteiger partial charge in [-0.15, -0.1) is 0 Å². The zero-order chi connectivity index (χ0) is 29.6. The minimum atomic E-state index is -0.403. The minimum Gasteiger partial charge on any atom is -0.489 e. The molecule has 0 unspecified atom stereocenters. The van der Waals surface area contributed by atoms with Crippen molar-refractivity contribution in [3.8, 4) is 5.75 Å². The second kappa shape index (κ2) is 14.5. The van der Waals surface area contributed by atoms with Crippen molar-refractivity contribution in [2.24, 2.45) is 0 Å². The molecule has 0 radical (unpaired) electrons. The molecule has 1 atom stereocenters. The molecule has 1 saturated heterocycles. The summed E-state index contributed by atoms with van der Waals surface area (Å²) in [4.78, 5) is 30.8. The number of nitrogens with zero attached hydrogens (tertiary/aromatic N) is 3. The molecule has 7 nitrogen and oxygen atoms in total. The molecule has 0 spiro atoms. The van der Waals surface area contributed by atoms with Crippen molar-refractivity contribution in [1.82, 2.24) is 14.4 Å². The fraction of sp³-hybridized carbons (Fsp3) is 0.278. The van der Waals surface area contributed by atoms with Gasteiger partial charge in [0.1, 0.15) is 12.4 Å². The quantitative estimate of drug-likeness (QED) is 0.179. The summed E-state index contributed by atoms with van der Waals surface area (Å²) in [5.41, 5.74) is 5.22. The maximum absolute atomic E-state index is 13.8. The van der Waals surface area contributed by atoms with Gasteiger partial charge in [-0.25, -0.2) is 4.79 Å². The second-order valence-corrected chi connectivity index (χ2v) is 11.3. The topological polar surface area (TPSA) is 67.9 Å². The van der Waals surface area contributed by atoms with Crippen LogP contribution >= 0.6 is 13.5 Å². The highest BCUT2D eigenvalue weighted by Gasteiger charge is 2.26. The molecule has 2 heterocycles. The van der Waals surface area contributed by atoms with Gasteiger partial charge in [0.25, 0.3) is 0 Å². The summed E-state index contributed by atoms with van der Waals surface area (Å²) in [7, 11) is 1.89. The average molecular weight is 610 g/mol. The van der Waals surface area contributed by atoms with Gasteiger partial charge >= 0.3 is 5.76 Å². The summed E-state index contributed by atoms with van der Waals surface area (Å²) in [6.45, 7) is 3.74. The van der Waals surface area contributed by atoms with Gasteiger partial charge < -0.3 is 19.0 Å². The first-order valence-electron chi connectivity index (χ1n) is 14.9. The number of oxazole rings is 1. The first-order chi connectivity index (χ1) is 21.0. The number of likely N-dealkylation sites (tertiary alicyclic amines) is 1. The van der Waals surface area contributed by atoms with Crippen LogP contribution in [0.4, 0.5) is 0 Å². The van der Waals surface area contributed by atoms with Crippen LogP contribution in [0, 0.1) is 0 Å². The van der Waals surface area contributed by atoms with Crippen LogP contribution in [0.25, 0.3) is 11.1 Å². The lowest BCUT2D eigenvalue weighted by Gasteiger charge is -2.32. The number of ether oxygens (including phenoxy) is 1. The Morgan fingerprint density at radius 2 is 1.57 bits per heavy atom. The molecule has 0 bridgehead atoms.